The topological polar surface area (TPSA) is 103 Å². The summed E-state index contributed by atoms with van der Waals surface area (Å²) in [5, 5.41) is 21.9. The fourth-order valence-electron chi connectivity index (χ4n) is 2.25. The molecule has 1 radical (unpaired) electrons. The average molecular weight is 377 g/mol. The van der Waals surface area contributed by atoms with Gasteiger partial charge in [0.1, 0.15) is 0 Å². The second-order valence-electron chi connectivity index (χ2n) is 6.02. The summed E-state index contributed by atoms with van der Waals surface area (Å²) < 4.78 is 0. The van der Waals surface area contributed by atoms with Crippen LogP contribution < -0.4 is 0 Å². The van der Waals surface area contributed by atoms with Crippen LogP contribution >= 0.6 is 0 Å². The number of hydrogen-bond acceptors (Lipinski definition) is 5. The average Bonchev–Trinajstić information content (AvgIpc) is 2.63. The number of unbranched alkanes of at least 4 members (excludes halogenated alkanes) is 5. The third-order valence-electron chi connectivity index (χ3n) is 3.78. The van der Waals surface area contributed by atoms with Crippen LogP contribution in [0.15, 0.2) is 47.9 Å². The maximum absolute atomic E-state index is 11.0. The van der Waals surface area contributed by atoms with E-state index in [0.29, 0.717) is 19.3 Å². The van der Waals surface area contributed by atoms with Gasteiger partial charge < -0.3 is 0 Å². The van der Waals surface area contributed by atoms with E-state index in [4.69, 9.17) is 0 Å². The molecule has 0 N–H and O–H groups in total. The second-order valence-corrected chi connectivity index (χ2v) is 6.02. The SMILES string of the molecule is CCCCC/C=C(\C/C=C\C/C=C\C/C(=C\CCC[C]=O)[N+](=O)[O-])[N+](=O)[O-]. The molecule has 0 bridgehead atoms. The van der Waals surface area contributed by atoms with Crippen molar-refractivity contribution in [2.24, 2.45) is 0 Å². The molecule has 0 aliphatic carbocycles. The molecular formula is C20H29N2O5. The minimum atomic E-state index is -0.419. The predicted molar refractivity (Wildman–Crippen MR) is 106 cm³/mol. The first-order chi connectivity index (χ1) is 13.0. The van der Waals surface area contributed by atoms with Crippen LogP contribution in [0.5, 0.6) is 0 Å². The van der Waals surface area contributed by atoms with Crippen molar-refractivity contribution in [2.75, 3.05) is 0 Å². The van der Waals surface area contributed by atoms with Crippen molar-refractivity contribution in [3.05, 3.63) is 68.1 Å². The van der Waals surface area contributed by atoms with Gasteiger partial charge in [-0.25, -0.2) is 0 Å². The first-order valence-corrected chi connectivity index (χ1v) is 9.34. The van der Waals surface area contributed by atoms with Crippen LogP contribution in [0.25, 0.3) is 0 Å². The molecular weight excluding hydrogens is 348 g/mol. The molecule has 0 aromatic carbocycles. The van der Waals surface area contributed by atoms with Crippen molar-refractivity contribution in [3.63, 3.8) is 0 Å². The molecule has 0 spiro atoms. The molecule has 7 nitrogen and oxygen atoms in total. The number of allylic oxidation sites excluding steroid dienone is 6. The van der Waals surface area contributed by atoms with E-state index >= 15 is 0 Å². The molecule has 0 saturated heterocycles. The lowest BCUT2D eigenvalue weighted by Gasteiger charge is -1.96. The van der Waals surface area contributed by atoms with Gasteiger partial charge in [0, 0.05) is 6.42 Å². The minimum Gasteiger partial charge on any atom is -0.291 e. The minimum absolute atomic E-state index is 0.103. The number of rotatable bonds is 16. The first kappa shape index (κ1) is 24.4. The Labute approximate surface area is 160 Å². The van der Waals surface area contributed by atoms with E-state index in [1.54, 1.807) is 30.6 Å². The van der Waals surface area contributed by atoms with Crippen LogP contribution in [0.3, 0.4) is 0 Å². The lowest BCUT2D eigenvalue weighted by Crippen LogP contribution is -1.97. The van der Waals surface area contributed by atoms with Crippen molar-refractivity contribution in [2.45, 2.75) is 71.1 Å². The molecule has 149 valence electrons. The molecule has 0 amide bonds. The molecule has 0 aromatic heterocycles. The number of hydrogen-bond donors (Lipinski definition) is 0. The molecule has 0 fully saturated rings. The highest BCUT2D eigenvalue weighted by Crippen LogP contribution is 2.10. The Kier molecular flexibility index (Phi) is 15.3. The van der Waals surface area contributed by atoms with Crippen molar-refractivity contribution >= 4 is 6.29 Å². The molecule has 27 heavy (non-hydrogen) atoms. The Morgan fingerprint density at radius 2 is 1.37 bits per heavy atom. The number of nitrogens with zero attached hydrogens (tertiary/aromatic N) is 2. The van der Waals surface area contributed by atoms with Crippen molar-refractivity contribution in [1.29, 1.82) is 0 Å². The molecule has 0 aliphatic heterocycles. The first-order valence-electron chi connectivity index (χ1n) is 9.34. The largest absolute Gasteiger partial charge is 0.291 e. The highest BCUT2D eigenvalue weighted by Gasteiger charge is 2.07. The van der Waals surface area contributed by atoms with Gasteiger partial charge in [-0.15, -0.1) is 0 Å². The monoisotopic (exact) mass is 377 g/mol. The zero-order chi connectivity index (χ0) is 20.3. The summed E-state index contributed by atoms with van der Waals surface area (Å²) in [5.41, 5.74) is 0.309. The third kappa shape index (κ3) is 14.3. The van der Waals surface area contributed by atoms with E-state index in [-0.39, 0.29) is 35.6 Å². The zero-order valence-corrected chi connectivity index (χ0v) is 16.0. The number of carbonyl (C=O) groups excluding carboxylic acids is 1. The van der Waals surface area contributed by atoms with Crippen molar-refractivity contribution in [1.82, 2.24) is 0 Å². The molecule has 7 heteroatoms. The molecule has 0 aromatic rings. The summed E-state index contributed by atoms with van der Waals surface area (Å²) in [6.07, 6.45) is 18.2. The standard InChI is InChI=1S/C20H29N2O5/c1-2-3-4-9-14-19(21(24)25)15-10-6-5-7-11-16-20(22(26)27)17-12-8-13-18-23/h6-7,10-11,14,17H,2-5,8-9,12-13,15-16H2,1H3/b10-6-,11-7-,19-14+,20-17+. The van der Waals surface area contributed by atoms with Gasteiger partial charge in [0.2, 0.25) is 11.4 Å². The van der Waals surface area contributed by atoms with Gasteiger partial charge in [-0.2, -0.15) is 0 Å². The summed E-state index contributed by atoms with van der Waals surface area (Å²) in [6, 6.07) is 0. The quantitative estimate of drug-likeness (QED) is 0.154. The fourth-order valence-corrected chi connectivity index (χ4v) is 2.25. The molecule has 0 rings (SSSR count). The smallest absolute Gasteiger partial charge is 0.246 e. The van der Waals surface area contributed by atoms with E-state index in [2.05, 4.69) is 6.92 Å². The van der Waals surface area contributed by atoms with E-state index < -0.39 is 4.92 Å². The van der Waals surface area contributed by atoms with Crippen LogP contribution in [-0.2, 0) is 4.79 Å². The molecule has 0 heterocycles. The van der Waals surface area contributed by atoms with E-state index in [1.165, 1.54) is 6.08 Å². The van der Waals surface area contributed by atoms with Crippen LogP contribution in [0.4, 0.5) is 0 Å². The Balaban J connectivity index is 4.31. The summed E-state index contributed by atoms with van der Waals surface area (Å²) in [7, 11) is 0. The van der Waals surface area contributed by atoms with Crippen LogP contribution in [0.2, 0.25) is 0 Å². The third-order valence-corrected chi connectivity index (χ3v) is 3.78. The Morgan fingerprint density at radius 3 is 1.81 bits per heavy atom. The Bertz CT molecular complexity index is 577. The lowest BCUT2D eigenvalue weighted by atomic mass is 10.1. The van der Waals surface area contributed by atoms with E-state index in [9.17, 15) is 25.0 Å². The summed E-state index contributed by atoms with van der Waals surface area (Å²) >= 11 is 0. The summed E-state index contributed by atoms with van der Waals surface area (Å²) in [4.78, 5) is 31.3. The van der Waals surface area contributed by atoms with Gasteiger partial charge in [0.15, 0.2) is 6.29 Å². The highest BCUT2D eigenvalue weighted by atomic mass is 16.6. The maximum Gasteiger partial charge on any atom is 0.246 e. The summed E-state index contributed by atoms with van der Waals surface area (Å²) in [5.74, 6) is 0. The summed E-state index contributed by atoms with van der Waals surface area (Å²) in [6.45, 7) is 2.09. The van der Waals surface area contributed by atoms with Gasteiger partial charge in [-0.05, 0) is 44.3 Å². The predicted octanol–water partition coefficient (Wildman–Crippen LogP) is 5.45. The van der Waals surface area contributed by atoms with E-state index in [1.807, 2.05) is 6.08 Å². The zero-order valence-electron chi connectivity index (χ0n) is 16.0. The Hall–Kier alpha value is -2.57. The molecule has 0 atom stereocenters. The van der Waals surface area contributed by atoms with Gasteiger partial charge in [-0.1, -0.05) is 44.1 Å². The molecule has 0 unspecified atom stereocenters. The maximum atomic E-state index is 11.0. The van der Waals surface area contributed by atoms with Gasteiger partial charge in [0.05, 0.1) is 22.7 Å². The van der Waals surface area contributed by atoms with Crippen molar-refractivity contribution in [3.8, 4) is 0 Å². The second kappa shape index (κ2) is 16.9. The fraction of sp³-hybridized carbons (Fsp3) is 0.550. The number of nitro groups is 2. The Morgan fingerprint density at radius 1 is 0.852 bits per heavy atom. The van der Waals surface area contributed by atoms with E-state index in [0.717, 1.165) is 25.7 Å². The van der Waals surface area contributed by atoms with Crippen molar-refractivity contribution < 1.29 is 14.6 Å². The van der Waals surface area contributed by atoms with Gasteiger partial charge >= 0.3 is 0 Å². The molecule has 0 saturated carbocycles. The lowest BCUT2D eigenvalue weighted by molar-refractivity contribution is -0.427. The normalized spacial score (nSPS) is 12.8. The van der Waals surface area contributed by atoms with Crippen LogP contribution in [0, 0.1) is 20.2 Å². The van der Waals surface area contributed by atoms with Gasteiger partial charge in [-0.3, -0.25) is 25.0 Å². The van der Waals surface area contributed by atoms with Gasteiger partial charge in [0.25, 0.3) is 0 Å². The highest BCUT2D eigenvalue weighted by molar-refractivity contribution is 5.50. The molecule has 0 aliphatic rings. The van der Waals surface area contributed by atoms with Crippen LogP contribution in [-0.4, -0.2) is 16.1 Å². The van der Waals surface area contributed by atoms with Crippen LogP contribution in [0.1, 0.15) is 71.1 Å².